The molecule has 1 amide bonds. The number of pyridine rings is 1. The summed E-state index contributed by atoms with van der Waals surface area (Å²) in [4.78, 5) is 26.8. The first-order valence-corrected chi connectivity index (χ1v) is 10.5. The Morgan fingerprint density at radius 2 is 2.04 bits per heavy atom. The summed E-state index contributed by atoms with van der Waals surface area (Å²) in [6, 6.07) is 5.17. The largest absolute Gasteiger partial charge is 0.356 e. The minimum atomic E-state index is -3.63. The van der Waals surface area contributed by atoms with Crippen LogP contribution < -0.4 is 20.1 Å². The Morgan fingerprint density at radius 3 is 2.71 bits per heavy atom. The maximum atomic E-state index is 12.2. The summed E-state index contributed by atoms with van der Waals surface area (Å²) < 4.78 is 24.2. The van der Waals surface area contributed by atoms with Crippen LogP contribution in [0.15, 0.2) is 36.8 Å². The van der Waals surface area contributed by atoms with Crippen LogP contribution >= 0.6 is 0 Å². The van der Waals surface area contributed by atoms with Gasteiger partial charge >= 0.3 is 0 Å². The van der Waals surface area contributed by atoms with E-state index in [2.05, 4.69) is 29.9 Å². The Balaban J connectivity index is 1.53. The van der Waals surface area contributed by atoms with Crippen molar-refractivity contribution in [2.45, 2.75) is 19.3 Å². The Morgan fingerprint density at radius 1 is 1.25 bits per heavy atom. The molecular formula is C17H23N7O3S. The normalized spacial score (nSPS) is 15.4. The van der Waals surface area contributed by atoms with Crippen LogP contribution in [-0.4, -0.2) is 48.9 Å². The van der Waals surface area contributed by atoms with Crippen molar-refractivity contribution < 1.29 is 13.2 Å². The zero-order chi connectivity index (χ0) is 20.0. The first kappa shape index (κ1) is 20.1. The summed E-state index contributed by atoms with van der Waals surface area (Å²) in [7, 11) is -3.63. The monoisotopic (exact) mass is 405 g/mol. The summed E-state index contributed by atoms with van der Waals surface area (Å²) in [6.45, 7) is 1.95. The highest BCUT2D eigenvalue weighted by Crippen LogP contribution is 2.24. The minimum absolute atomic E-state index is 0.242. The average Bonchev–Trinajstić information content (AvgIpc) is 2.68. The van der Waals surface area contributed by atoms with Crippen molar-refractivity contribution in [2.75, 3.05) is 29.9 Å². The lowest BCUT2D eigenvalue weighted by Gasteiger charge is -2.32. The highest BCUT2D eigenvalue weighted by molar-refractivity contribution is 7.87. The van der Waals surface area contributed by atoms with Gasteiger partial charge in [0.15, 0.2) is 0 Å². The lowest BCUT2D eigenvalue weighted by atomic mass is 9.94. The molecule has 2 aromatic rings. The number of nitrogens with two attached hydrogens (primary N) is 1. The fraction of sp³-hybridized carbons (Fsp3) is 0.412. The zero-order valence-corrected chi connectivity index (χ0v) is 16.1. The SMILES string of the molecule is NS(=O)(=O)NCCC1CCN(c2ccnc(NC(=O)c3cccnc3)n2)CC1. The molecule has 0 spiro atoms. The van der Waals surface area contributed by atoms with Crippen LogP contribution in [0.4, 0.5) is 11.8 Å². The quantitative estimate of drug-likeness (QED) is 0.609. The van der Waals surface area contributed by atoms with E-state index < -0.39 is 10.2 Å². The van der Waals surface area contributed by atoms with Crippen molar-refractivity contribution in [3.8, 4) is 0 Å². The molecule has 1 fully saturated rings. The van der Waals surface area contributed by atoms with Crippen LogP contribution in [0.2, 0.25) is 0 Å². The molecule has 0 aliphatic carbocycles. The number of piperidine rings is 1. The molecule has 2 aromatic heterocycles. The molecule has 150 valence electrons. The highest BCUT2D eigenvalue weighted by Gasteiger charge is 2.21. The van der Waals surface area contributed by atoms with Crippen LogP contribution in [0.25, 0.3) is 0 Å². The number of nitrogens with one attached hydrogen (secondary N) is 2. The summed E-state index contributed by atoms with van der Waals surface area (Å²) in [6.07, 6.45) is 7.29. The van der Waals surface area contributed by atoms with Crippen molar-refractivity contribution in [3.05, 3.63) is 42.4 Å². The van der Waals surface area contributed by atoms with Gasteiger partial charge in [-0.15, -0.1) is 0 Å². The van der Waals surface area contributed by atoms with Crippen molar-refractivity contribution in [3.63, 3.8) is 0 Å². The number of hydrogen-bond acceptors (Lipinski definition) is 7. The van der Waals surface area contributed by atoms with E-state index in [1.165, 1.54) is 6.20 Å². The molecule has 0 atom stereocenters. The molecular weight excluding hydrogens is 382 g/mol. The van der Waals surface area contributed by atoms with E-state index in [9.17, 15) is 13.2 Å². The number of hydrogen-bond donors (Lipinski definition) is 3. The third-order valence-electron chi connectivity index (χ3n) is 4.58. The lowest BCUT2D eigenvalue weighted by molar-refractivity contribution is 0.102. The van der Waals surface area contributed by atoms with Crippen LogP contribution in [0.5, 0.6) is 0 Å². The van der Waals surface area contributed by atoms with Gasteiger partial charge in [0.1, 0.15) is 5.82 Å². The maximum Gasteiger partial charge on any atom is 0.274 e. The van der Waals surface area contributed by atoms with E-state index in [4.69, 9.17) is 5.14 Å². The Hall–Kier alpha value is -2.63. The molecule has 0 saturated carbocycles. The Kier molecular flexibility index (Phi) is 6.49. The Labute approximate surface area is 163 Å². The van der Waals surface area contributed by atoms with Gasteiger partial charge in [0.2, 0.25) is 5.95 Å². The highest BCUT2D eigenvalue weighted by atomic mass is 32.2. The minimum Gasteiger partial charge on any atom is -0.356 e. The van der Waals surface area contributed by atoms with Gasteiger partial charge in [0, 0.05) is 38.2 Å². The second kappa shape index (κ2) is 9.04. The maximum absolute atomic E-state index is 12.2. The number of carbonyl (C=O) groups is 1. The topological polar surface area (TPSA) is 143 Å². The average molecular weight is 405 g/mol. The van der Waals surface area contributed by atoms with E-state index in [0.29, 0.717) is 18.0 Å². The second-order valence-corrected chi connectivity index (χ2v) is 7.97. The predicted octanol–water partition coefficient (Wildman–Crippen LogP) is 0.523. The van der Waals surface area contributed by atoms with Crippen LogP contribution in [0.3, 0.4) is 0 Å². The molecule has 1 saturated heterocycles. The summed E-state index contributed by atoms with van der Waals surface area (Å²) in [5, 5.41) is 7.62. The molecule has 0 radical (unpaired) electrons. The fourth-order valence-electron chi connectivity index (χ4n) is 3.11. The molecule has 1 aliphatic heterocycles. The van der Waals surface area contributed by atoms with Gasteiger partial charge < -0.3 is 4.90 Å². The van der Waals surface area contributed by atoms with Crippen molar-refractivity contribution in [1.29, 1.82) is 0 Å². The molecule has 10 nitrogen and oxygen atoms in total. The lowest BCUT2D eigenvalue weighted by Crippen LogP contribution is -2.37. The van der Waals surface area contributed by atoms with E-state index in [1.54, 1.807) is 24.5 Å². The van der Waals surface area contributed by atoms with E-state index in [0.717, 1.165) is 38.2 Å². The summed E-state index contributed by atoms with van der Waals surface area (Å²) in [5.41, 5.74) is 0.436. The van der Waals surface area contributed by atoms with Gasteiger partial charge in [0.05, 0.1) is 5.56 Å². The first-order chi connectivity index (χ1) is 13.4. The number of carbonyl (C=O) groups excluding carboxylic acids is 1. The molecule has 0 bridgehead atoms. The third kappa shape index (κ3) is 5.94. The van der Waals surface area contributed by atoms with Gasteiger partial charge in [-0.3, -0.25) is 15.1 Å². The van der Waals surface area contributed by atoms with Gasteiger partial charge in [-0.2, -0.15) is 13.4 Å². The zero-order valence-electron chi connectivity index (χ0n) is 15.3. The van der Waals surface area contributed by atoms with Gasteiger partial charge in [-0.1, -0.05) is 0 Å². The molecule has 3 rings (SSSR count). The molecule has 1 aliphatic rings. The molecule has 0 aromatic carbocycles. The molecule has 28 heavy (non-hydrogen) atoms. The smallest absolute Gasteiger partial charge is 0.274 e. The standard InChI is InChI=1S/C17H23N7O3S/c18-28(26,27)21-9-3-13-5-10-24(11-6-13)15-4-8-20-17(22-15)23-16(25)14-2-1-7-19-12-14/h1-2,4,7-8,12-13,21H,3,5-6,9-11H2,(H2,18,26,27)(H,20,22,23,25). The summed E-state index contributed by atoms with van der Waals surface area (Å²) in [5.74, 6) is 1.10. The van der Waals surface area contributed by atoms with Crippen LogP contribution in [0, 0.1) is 5.92 Å². The Bertz CT molecular complexity index is 900. The van der Waals surface area contributed by atoms with Gasteiger partial charge in [-0.05, 0) is 43.4 Å². The predicted molar refractivity (Wildman–Crippen MR) is 105 cm³/mol. The second-order valence-electron chi connectivity index (χ2n) is 6.59. The number of rotatable bonds is 7. The number of anilines is 2. The van der Waals surface area contributed by atoms with Gasteiger partial charge in [0.25, 0.3) is 16.1 Å². The first-order valence-electron chi connectivity index (χ1n) is 8.97. The fourth-order valence-corrected chi connectivity index (χ4v) is 3.51. The molecule has 4 N–H and O–H groups in total. The van der Waals surface area contributed by atoms with Crippen LogP contribution in [-0.2, 0) is 10.2 Å². The van der Waals surface area contributed by atoms with Crippen molar-refractivity contribution >= 4 is 27.9 Å². The van der Waals surface area contributed by atoms with E-state index >= 15 is 0 Å². The third-order valence-corrected chi connectivity index (χ3v) is 5.19. The number of aromatic nitrogens is 3. The van der Waals surface area contributed by atoms with Crippen LogP contribution in [0.1, 0.15) is 29.6 Å². The van der Waals surface area contributed by atoms with Crippen molar-refractivity contribution in [2.24, 2.45) is 11.1 Å². The molecule has 0 unspecified atom stereocenters. The van der Waals surface area contributed by atoms with Crippen molar-refractivity contribution in [1.82, 2.24) is 19.7 Å². The molecule has 11 heteroatoms. The number of amides is 1. The number of nitrogens with zero attached hydrogens (tertiary/aromatic N) is 4. The summed E-state index contributed by atoms with van der Waals surface area (Å²) >= 11 is 0. The molecule has 3 heterocycles. The van der Waals surface area contributed by atoms with E-state index in [1.807, 2.05) is 6.07 Å². The van der Waals surface area contributed by atoms with Gasteiger partial charge in [-0.25, -0.2) is 14.8 Å². The van der Waals surface area contributed by atoms with E-state index in [-0.39, 0.29) is 11.9 Å².